The number of carbonyl (C=O) groups is 1. The molecule has 2 rings (SSSR count). The van der Waals surface area contributed by atoms with E-state index >= 15 is 0 Å². The quantitative estimate of drug-likeness (QED) is 0.765. The molecule has 0 aliphatic heterocycles. The third-order valence-electron chi connectivity index (χ3n) is 3.87. The van der Waals surface area contributed by atoms with Gasteiger partial charge in [0.2, 0.25) is 0 Å². The van der Waals surface area contributed by atoms with E-state index in [0.29, 0.717) is 12.8 Å². The van der Waals surface area contributed by atoms with Crippen molar-refractivity contribution in [1.82, 2.24) is 0 Å². The molecule has 0 bridgehead atoms. The number of rotatable bonds is 2. The summed E-state index contributed by atoms with van der Waals surface area (Å²) in [7, 11) is -2.56. The van der Waals surface area contributed by atoms with Gasteiger partial charge in [0.25, 0.3) is 0 Å². The van der Waals surface area contributed by atoms with Crippen molar-refractivity contribution in [3.05, 3.63) is 30.3 Å². The first-order chi connectivity index (χ1) is 8.35. The zero-order valence-electron chi connectivity index (χ0n) is 11.3. The Kier molecular flexibility index (Phi) is 3.51. The van der Waals surface area contributed by atoms with Gasteiger partial charge < -0.3 is 4.57 Å². The molecule has 3 heteroatoms. The fourth-order valence-electron chi connectivity index (χ4n) is 2.90. The molecule has 18 heavy (non-hydrogen) atoms. The van der Waals surface area contributed by atoms with Crippen LogP contribution in [0.15, 0.2) is 30.3 Å². The second-order valence-electron chi connectivity index (χ2n) is 6.10. The Morgan fingerprint density at radius 2 is 1.78 bits per heavy atom. The Morgan fingerprint density at radius 3 is 2.22 bits per heavy atom. The molecule has 0 heterocycles. The highest BCUT2D eigenvalue weighted by molar-refractivity contribution is 7.73. The second-order valence-corrected chi connectivity index (χ2v) is 10.0. The monoisotopic (exact) mass is 264 g/mol. The molecule has 1 saturated carbocycles. The number of carbonyl (C=O) groups excluding carboxylic acids is 1. The maximum absolute atomic E-state index is 13.6. The van der Waals surface area contributed by atoms with Gasteiger partial charge >= 0.3 is 0 Å². The van der Waals surface area contributed by atoms with Crippen LogP contribution in [-0.4, -0.2) is 16.6 Å². The first kappa shape index (κ1) is 13.5. The molecule has 0 aromatic heterocycles. The van der Waals surface area contributed by atoms with Crippen molar-refractivity contribution >= 4 is 18.2 Å². The minimum atomic E-state index is -2.56. The van der Waals surface area contributed by atoms with Crippen LogP contribution in [0.25, 0.3) is 0 Å². The molecule has 1 aliphatic carbocycles. The van der Waals surface area contributed by atoms with E-state index in [4.69, 9.17) is 0 Å². The summed E-state index contributed by atoms with van der Waals surface area (Å²) in [5.41, 5.74) is 0.0346. The Balaban J connectivity index is 2.49. The largest absolute Gasteiger partial charge is 0.318 e. The Bertz CT molecular complexity index is 485. The van der Waals surface area contributed by atoms with Gasteiger partial charge in [0.05, 0.1) is 0 Å². The molecule has 1 aromatic carbocycles. The second kappa shape index (κ2) is 4.66. The SMILES string of the molecule is CC(C)(C)P(=O)(c1ccccc1)[C@H]1CCC(=O)C1. The summed E-state index contributed by atoms with van der Waals surface area (Å²) in [6.45, 7) is 6.09. The van der Waals surface area contributed by atoms with Gasteiger partial charge in [-0.3, -0.25) is 4.79 Å². The van der Waals surface area contributed by atoms with E-state index in [1.54, 1.807) is 0 Å². The van der Waals surface area contributed by atoms with Crippen LogP contribution in [0.3, 0.4) is 0 Å². The van der Waals surface area contributed by atoms with Crippen molar-refractivity contribution in [3.8, 4) is 0 Å². The molecular formula is C15H21O2P. The third-order valence-corrected chi connectivity index (χ3v) is 8.40. The normalized spacial score (nSPS) is 23.9. The summed E-state index contributed by atoms with van der Waals surface area (Å²) in [5, 5.41) is 0.640. The lowest BCUT2D eigenvalue weighted by Gasteiger charge is -2.36. The summed E-state index contributed by atoms with van der Waals surface area (Å²) in [4.78, 5) is 11.5. The van der Waals surface area contributed by atoms with Crippen molar-refractivity contribution in [2.75, 3.05) is 0 Å². The molecule has 0 amide bonds. The van der Waals surface area contributed by atoms with Crippen LogP contribution in [0.5, 0.6) is 0 Å². The van der Waals surface area contributed by atoms with E-state index in [0.717, 1.165) is 11.7 Å². The van der Waals surface area contributed by atoms with E-state index in [1.807, 2.05) is 51.1 Å². The topological polar surface area (TPSA) is 34.1 Å². The van der Waals surface area contributed by atoms with Gasteiger partial charge in [-0.2, -0.15) is 0 Å². The Morgan fingerprint density at radius 1 is 1.17 bits per heavy atom. The number of Topliss-reactive ketones (excluding diaryl/α,β-unsaturated/α-hetero) is 1. The van der Waals surface area contributed by atoms with Gasteiger partial charge in [-0.15, -0.1) is 0 Å². The lowest BCUT2D eigenvalue weighted by Crippen LogP contribution is -2.30. The van der Waals surface area contributed by atoms with E-state index in [-0.39, 0.29) is 16.6 Å². The predicted molar refractivity (Wildman–Crippen MR) is 76.1 cm³/mol. The molecule has 98 valence electrons. The van der Waals surface area contributed by atoms with Crippen molar-refractivity contribution in [1.29, 1.82) is 0 Å². The molecule has 0 spiro atoms. The molecule has 0 N–H and O–H groups in total. The first-order valence-corrected chi connectivity index (χ1v) is 8.30. The van der Waals surface area contributed by atoms with Crippen LogP contribution in [0.1, 0.15) is 40.0 Å². The highest BCUT2D eigenvalue weighted by Crippen LogP contribution is 2.63. The van der Waals surface area contributed by atoms with Crippen LogP contribution in [-0.2, 0) is 9.36 Å². The molecule has 1 aliphatic rings. The molecule has 2 nitrogen and oxygen atoms in total. The lowest BCUT2D eigenvalue weighted by molar-refractivity contribution is -0.117. The molecule has 1 aromatic rings. The van der Waals surface area contributed by atoms with Gasteiger partial charge in [0, 0.05) is 29.0 Å². The maximum atomic E-state index is 13.6. The molecule has 1 fully saturated rings. The smallest absolute Gasteiger partial charge is 0.133 e. The number of benzene rings is 1. The summed E-state index contributed by atoms with van der Waals surface area (Å²) < 4.78 is 13.6. The van der Waals surface area contributed by atoms with E-state index < -0.39 is 7.14 Å². The Hall–Kier alpha value is -0.880. The average Bonchev–Trinajstić information content (AvgIpc) is 2.75. The third kappa shape index (κ3) is 2.19. The number of hydrogen-bond acceptors (Lipinski definition) is 2. The molecule has 0 saturated heterocycles. The fraction of sp³-hybridized carbons (Fsp3) is 0.533. The van der Waals surface area contributed by atoms with Crippen LogP contribution in [0.4, 0.5) is 0 Å². The minimum absolute atomic E-state index is 0.0346. The van der Waals surface area contributed by atoms with E-state index in [9.17, 15) is 9.36 Å². The standard InChI is InChI=1S/C15H21O2P/c1-15(2,3)18(17,13-7-5-4-6-8-13)14-10-9-12(16)11-14/h4-8,14H,9-11H2,1-3H3/t14-,18?/m0/s1. The lowest BCUT2D eigenvalue weighted by atomic mass is 10.2. The van der Waals surface area contributed by atoms with Crippen LogP contribution in [0.2, 0.25) is 0 Å². The average molecular weight is 264 g/mol. The summed E-state index contributed by atoms with van der Waals surface area (Å²) in [6.07, 6.45) is 1.86. The van der Waals surface area contributed by atoms with Crippen LogP contribution < -0.4 is 5.30 Å². The van der Waals surface area contributed by atoms with Crippen molar-refractivity contribution in [2.45, 2.75) is 50.8 Å². The first-order valence-electron chi connectivity index (χ1n) is 6.53. The zero-order valence-corrected chi connectivity index (χ0v) is 12.2. The van der Waals surface area contributed by atoms with Gasteiger partial charge in [-0.25, -0.2) is 0 Å². The van der Waals surface area contributed by atoms with E-state index in [1.165, 1.54) is 0 Å². The van der Waals surface area contributed by atoms with Gasteiger partial charge in [-0.1, -0.05) is 51.1 Å². The van der Waals surface area contributed by atoms with Crippen molar-refractivity contribution in [2.24, 2.45) is 0 Å². The van der Waals surface area contributed by atoms with E-state index in [2.05, 4.69) is 0 Å². The highest BCUT2D eigenvalue weighted by Gasteiger charge is 2.47. The predicted octanol–water partition coefficient (Wildman–Crippen LogP) is 3.60. The molecule has 1 unspecified atom stereocenters. The number of hydrogen-bond donors (Lipinski definition) is 0. The van der Waals surface area contributed by atoms with Crippen LogP contribution >= 0.6 is 7.14 Å². The highest BCUT2D eigenvalue weighted by atomic mass is 31.2. The summed E-state index contributed by atoms with van der Waals surface area (Å²) in [6, 6.07) is 9.72. The number of ketones is 1. The van der Waals surface area contributed by atoms with Crippen molar-refractivity contribution < 1.29 is 9.36 Å². The Labute approximate surface area is 109 Å². The molecule has 0 radical (unpaired) electrons. The molecule has 2 atom stereocenters. The summed E-state index contributed by atoms with van der Waals surface area (Å²) in [5.74, 6) is 0.264. The van der Waals surface area contributed by atoms with Gasteiger partial charge in [-0.05, 0) is 6.42 Å². The zero-order chi connectivity index (χ0) is 13.4. The van der Waals surface area contributed by atoms with Crippen LogP contribution in [0, 0.1) is 0 Å². The van der Waals surface area contributed by atoms with Gasteiger partial charge in [0.15, 0.2) is 0 Å². The summed E-state index contributed by atoms with van der Waals surface area (Å²) >= 11 is 0. The van der Waals surface area contributed by atoms with Crippen molar-refractivity contribution in [3.63, 3.8) is 0 Å². The minimum Gasteiger partial charge on any atom is -0.318 e. The van der Waals surface area contributed by atoms with Gasteiger partial charge in [0.1, 0.15) is 12.9 Å². The molecular weight excluding hydrogens is 243 g/mol. The fourth-order valence-corrected chi connectivity index (χ4v) is 6.76. The maximum Gasteiger partial charge on any atom is 0.133 e.